The van der Waals surface area contributed by atoms with Crippen LogP contribution in [0.15, 0.2) is 24.5 Å². The summed E-state index contributed by atoms with van der Waals surface area (Å²) < 4.78 is 0. The Morgan fingerprint density at radius 3 is 2.44 bits per heavy atom. The molecule has 0 bridgehead atoms. The molecular formula is C20H27N3O4. The number of pyridine rings is 1. The summed E-state index contributed by atoms with van der Waals surface area (Å²) in [6.07, 6.45) is 7.75. The largest absolute Gasteiger partial charge is 0.481 e. The summed E-state index contributed by atoms with van der Waals surface area (Å²) in [5.41, 5.74) is 0.735. The predicted molar refractivity (Wildman–Crippen MR) is 99.0 cm³/mol. The summed E-state index contributed by atoms with van der Waals surface area (Å²) in [5.74, 6) is -0.363. The number of hydrogen-bond donors (Lipinski definition) is 2. The lowest BCUT2D eigenvalue weighted by molar-refractivity contribution is -0.137. The van der Waals surface area contributed by atoms with Gasteiger partial charge in [-0.1, -0.05) is 0 Å². The van der Waals surface area contributed by atoms with E-state index >= 15 is 0 Å². The second-order valence-electron chi connectivity index (χ2n) is 7.66. The average Bonchev–Trinajstić information content (AvgIpc) is 3.07. The van der Waals surface area contributed by atoms with E-state index in [4.69, 9.17) is 5.11 Å². The zero-order valence-corrected chi connectivity index (χ0v) is 15.5. The van der Waals surface area contributed by atoms with Crippen LogP contribution < -0.4 is 5.32 Å². The van der Waals surface area contributed by atoms with E-state index < -0.39 is 11.5 Å². The normalized spacial score (nSPS) is 23.3. The first-order chi connectivity index (χ1) is 13.0. The number of nitrogens with one attached hydrogen (secondary N) is 1. The van der Waals surface area contributed by atoms with Crippen LogP contribution in [-0.2, 0) is 14.4 Å². The van der Waals surface area contributed by atoms with Crippen LogP contribution in [0.4, 0.5) is 0 Å². The lowest BCUT2D eigenvalue weighted by Gasteiger charge is -2.34. The molecule has 1 aromatic rings. The molecule has 3 rings (SSSR count). The molecule has 2 saturated heterocycles. The molecule has 0 spiro atoms. The Morgan fingerprint density at radius 1 is 1.19 bits per heavy atom. The van der Waals surface area contributed by atoms with E-state index in [9.17, 15) is 14.4 Å². The Bertz CT molecular complexity index is 686. The molecule has 27 heavy (non-hydrogen) atoms. The fraction of sp³-hybridized carbons (Fsp3) is 0.600. The second-order valence-corrected chi connectivity index (χ2v) is 7.66. The summed E-state index contributed by atoms with van der Waals surface area (Å²) in [6.45, 7) is 1.47. The van der Waals surface area contributed by atoms with Crippen molar-refractivity contribution in [2.24, 2.45) is 0 Å². The molecule has 2 amide bonds. The van der Waals surface area contributed by atoms with Gasteiger partial charge in [-0.3, -0.25) is 19.4 Å². The monoisotopic (exact) mass is 373 g/mol. The van der Waals surface area contributed by atoms with Crippen molar-refractivity contribution in [3.8, 4) is 0 Å². The number of carbonyl (C=O) groups excluding carboxylic acids is 2. The van der Waals surface area contributed by atoms with Crippen molar-refractivity contribution in [1.82, 2.24) is 15.2 Å². The third-order valence-electron chi connectivity index (χ3n) is 5.90. The number of rotatable bonds is 7. The fourth-order valence-corrected chi connectivity index (χ4v) is 4.22. The zero-order chi connectivity index (χ0) is 19.3. The first-order valence-corrected chi connectivity index (χ1v) is 9.68. The van der Waals surface area contributed by atoms with E-state index in [-0.39, 0.29) is 18.2 Å². The van der Waals surface area contributed by atoms with Gasteiger partial charge in [0.05, 0.1) is 0 Å². The first kappa shape index (κ1) is 19.3. The van der Waals surface area contributed by atoms with Gasteiger partial charge in [0.2, 0.25) is 11.8 Å². The van der Waals surface area contributed by atoms with E-state index in [2.05, 4.69) is 10.3 Å². The Labute approximate surface area is 159 Å². The van der Waals surface area contributed by atoms with Gasteiger partial charge in [-0.05, 0) is 55.7 Å². The fourth-order valence-electron chi connectivity index (χ4n) is 4.22. The molecule has 0 radical (unpaired) electrons. The number of likely N-dealkylation sites (tertiary alicyclic amines) is 1. The molecule has 2 fully saturated rings. The molecule has 0 unspecified atom stereocenters. The molecule has 1 aromatic heterocycles. The summed E-state index contributed by atoms with van der Waals surface area (Å²) in [4.78, 5) is 41.2. The maximum Gasteiger partial charge on any atom is 0.303 e. The van der Waals surface area contributed by atoms with E-state index in [1.54, 1.807) is 12.4 Å². The molecule has 0 saturated carbocycles. The number of carbonyl (C=O) groups is 3. The molecule has 2 aliphatic rings. The van der Waals surface area contributed by atoms with Crippen molar-refractivity contribution < 1.29 is 19.5 Å². The number of aromatic nitrogens is 1. The Morgan fingerprint density at radius 2 is 1.85 bits per heavy atom. The Hall–Kier alpha value is -2.44. The molecule has 7 nitrogen and oxygen atoms in total. The van der Waals surface area contributed by atoms with Crippen LogP contribution in [0, 0.1) is 0 Å². The number of carboxylic acids is 1. The van der Waals surface area contributed by atoms with Crippen LogP contribution >= 0.6 is 0 Å². The number of piperidine rings is 1. The summed E-state index contributed by atoms with van der Waals surface area (Å²) in [6, 6.07) is 4.08. The van der Waals surface area contributed by atoms with Gasteiger partial charge >= 0.3 is 5.97 Å². The van der Waals surface area contributed by atoms with Gasteiger partial charge in [0, 0.05) is 50.3 Å². The van der Waals surface area contributed by atoms with Crippen molar-refractivity contribution in [2.75, 3.05) is 13.1 Å². The van der Waals surface area contributed by atoms with Gasteiger partial charge in [0.1, 0.15) is 0 Å². The number of carboxylic acid groups (broad SMARTS) is 1. The molecule has 0 aliphatic carbocycles. The zero-order valence-electron chi connectivity index (χ0n) is 15.5. The lowest BCUT2D eigenvalue weighted by Crippen LogP contribution is -2.44. The van der Waals surface area contributed by atoms with Crippen molar-refractivity contribution in [2.45, 2.75) is 62.8 Å². The van der Waals surface area contributed by atoms with Gasteiger partial charge in [-0.2, -0.15) is 0 Å². The van der Waals surface area contributed by atoms with Gasteiger partial charge in [-0.25, -0.2) is 0 Å². The highest BCUT2D eigenvalue weighted by molar-refractivity contribution is 5.80. The second kappa shape index (κ2) is 8.50. The predicted octanol–water partition coefficient (Wildman–Crippen LogP) is 2.08. The van der Waals surface area contributed by atoms with Crippen molar-refractivity contribution in [1.29, 1.82) is 0 Å². The number of amides is 2. The maximum atomic E-state index is 12.6. The lowest BCUT2D eigenvalue weighted by atomic mass is 9.86. The third kappa shape index (κ3) is 5.05. The van der Waals surface area contributed by atoms with Crippen molar-refractivity contribution in [3.05, 3.63) is 30.1 Å². The SMILES string of the molecule is O=C(O)CC[C@@]1(CCC(=O)N2CCC(c3ccncc3)CC2)CCC(=O)N1. The van der Waals surface area contributed by atoms with Crippen LogP contribution in [-0.4, -0.2) is 51.4 Å². The highest BCUT2D eigenvalue weighted by atomic mass is 16.4. The highest BCUT2D eigenvalue weighted by Crippen LogP contribution is 2.32. The first-order valence-electron chi connectivity index (χ1n) is 9.68. The quantitative estimate of drug-likeness (QED) is 0.762. The highest BCUT2D eigenvalue weighted by Gasteiger charge is 2.38. The topological polar surface area (TPSA) is 99.6 Å². The number of aliphatic carboxylic acids is 1. The Kier molecular flexibility index (Phi) is 6.08. The Balaban J connectivity index is 1.50. The minimum absolute atomic E-state index is 0.00575. The van der Waals surface area contributed by atoms with Gasteiger partial charge in [0.25, 0.3) is 0 Å². The summed E-state index contributed by atoms with van der Waals surface area (Å²) >= 11 is 0. The number of nitrogens with zero attached hydrogens (tertiary/aromatic N) is 2. The standard InChI is InChI=1S/C20H27N3O4/c24-17-1-8-20(22-17,10-3-19(26)27)9-2-18(25)23-13-6-16(7-14-23)15-4-11-21-12-5-15/h4-5,11-12,16H,1-3,6-10,13-14H2,(H,22,24)(H,26,27)/t20-/m0/s1. The van der Waals surface area contributed by atoms with E-state index in [0.29, 0.717) is 38.0 Å². The van der Waals surface area contributed by atoms with E-state index in [0.717, 1.165) is 25.9 Å². The summed E-state index contributed by atoms with van der Waals surface area (Å²) in [5, 5.41) is 11.9. The molecule has 2 aliphatic heterocycles. The number of hydrogen-bond acceptors (Lipinski definition) is 4. The van der Waals surface area contributed by atoms with Gasteiger partial charge < -0.3 is 15.3 Å². The van der Waals surface area contributed by atoms with Gasteiger partial charge in [-0.15, -0.1) is 0 Å². The molecule has 7 heteroatoms. The van der Waals surface area contributed by atoms with Crippen LogP contribution in [0.1, 0.15) is 62.8 Å². The smallest absolute Gasteiger partial charge is 0.303 e. The van der Waals surface area contributed by atoms with E-state index in [1.807, 2.05) is 17.0 Å². The van der Waals surface area contributed by atoms with Gasteiger partial charge in [0.15, 0.2) is 0 Å². The third-order valence-corrected chi connectivity index (χ3v) is 5.90. The molecular weight excluding hydrogens is 346 g/mol. The maximum absolute atomic E-state index is 12.6. The minimum atomic E-state index is -0.875. The van der Waals surface area contributed by atoms with Crippen LogP contribution in [0.5, 0.6) is 0 Å². The molecule has 1 atom stereocenters. The molecule has 0 aromatic carbocycles. The van der Waals surface area contributed by atoms with Crippen LogP contribution in [0.25, 0.3) is 0 Å². The average molecular weight is 373 g/mol. The van der Waals surface area contributed by atoms with Crippen LogP contribution in [0.2, 0.25) is 0 Å². The molecule has 3 heterocycles. The van der Waals surface area contributed by atoms with Crippen LogP contribution in [0.3, 0.4) is 0 Å². The van der Waals surface area contributed by atoms with Crippen molar-refractivity contribution in [3.63, 3.8) is 0 Å². The summed E-state index contributed by atoms with van der Waals surface area (Å²) in [7, 11) is 0. The molecule has 2 N–H and O–H groups in total. The van der Waals surface area contributed by atoms with E-state index in [1.165, 1.54) is 5.56 Å². The minimum Gasteiger partial charge on any atom is -0.481 e. The van der Waals surface area contributed by atoms with Crippen molar-refractivity contribution >= 4 is 17.8 Å². The molecule has 146 valence electrons.